The Labute approximate surface area is 186 Å². The fourth-order valence-corrected chi connectivity index (χ4v) is 5.77. The van der Waals surface area contributed by atoms with Gasteiger partial charge >= 0.3 is 0 Å². The normalized spacial score (nSPS) is 19.4. The minimum Gasteiger partial charge on any atom is -0.495 e. The lowest BCUT2D eigenvalue weighted by atomic mass is 10.1. The van der Waals surface area contributed by atoms with Crippen LogP contribution in [-0.4, -0.2) is 68.8 Å². The van der Waals surface area contributed by atoms with Crippen molar-refractivity contribution in [3.8, 4) is 5.75 Å². The smallest absolute Gasteiger partial charge is 0.267 e. The number of sulfonamides is 1. The highest BCUT2D eigenvalue weighted by Gasteiger charge is 2.45. The summed E-state index contributed by atoms with van der Waals surface area (Å²) in [5, 5.41) is 0. The van der Waals surface area contributed by atoms with Crippen LogP contribution in [0.15, 0.2) is 53.4 Å². The molecular weight excluding hydrogens is 437 g/mol. The van der Waals surface area contributed by atoms with Gasteiger partial charge in [0, 0.05) is 32.6 Å². The topological polar surface area (TPSA) is 87.2 Å². The molecule has 0 aromatic heterocycles. The maximum absolute atomic E-state index is 13.2. The molecule has 0 bridgehead atoms. The lowest BCUT2D eigenvalue weighted by Gasteiger charge is -2.38. The second-order valence-electron chi connectivity index (χ2n) is 7.69. The summed E-state index contributed by atoms with van der Waals surface area (Å²) >= 11 is 0. The van der Waals surface area contributed by atoms with E-state index in [1.54, 1.807) is 12.0 Å². The van der Waals surface area contributed by atoms with Crippen molar-refractivity contribution in [2.75, 3.05) is 38.2 Å². The lowest BCUT2D eigenvalue weighted by molar-refractivity contribution is -0.138. The van der Waals surface area contributed by atoms with E-state index < -0.39 is 27.8 Å². The monoisotopic (exact) mass is 461 g/mol. The zero-order valence-corrected chi connectivity index (χ0v) is 18.4. The number of rotatable bonds is 5. The molecule has 0 aliphatic carbocycles. The fourth-order valence-electron chi connectivity index (χ4n) is 4.18. The number of halogens is 1. The number of anilines is 1. The summed E-state index contributed by atoms with van der Waals surface area (Å²) < 4.78 is 45.4. The largest absolute Gasteiger partial charge is 0.495 e. The van der Waals surface area contributed by atoms with E-state index in [0.717, 1.165) is 35.7 Å². The van der Waals surface area contributed by atoms with Crippen LogP contribution in [0, 0.1) is 5.82 Å². The van der Waals surface area contributed by atoms with Gasteiger partial charge < -0.3 is 14.5 Å². The van der Waals surface area contributed by atoms with E-state index in [9.17, 15) is 22.4 Å². The average Bonchev–Trinajstić information content (AvgIpc) is 3.21. The summed E-state index contributed by atoms with van der Waals surface area (Å²) in [6.45, 7) is 1.90. The van der Waals surface area contributed by atoms with Gasteiger partial charge in [-0.25, -0.2) is 17.1 Å². The summed E-state index contributed by atoms with van der Waals surface area (Å²) in [4.78, 5) is 29.2. The molecule has 0 spiro atoms. The van der Waals surface area contributed by atoms with E-state index in [2.05, 4.69) is 4.90 Å². The lowest BCUT2D eigenvalue weighted by Crippen LogP contribution is -2.55. The molecule has 32 heavy (non-hydrogen) atoms. The summed E-state index contributed by atoms with van der Waals surface area (Å²) in [5.41, 5.74) is 0.929. The molecule has 0 radical (unpaired) electrons. The second kappa shape index (κ2) is 8.78. The molecule has 0 N–H and O–H groups in total. The van der Waals surface area contributed by atoms with Gasteiger partial charge in [-0.2, -0.15) is 0 Å². The van der Waals surface area contributed by atoms with Gasteiger partial charge in [-0.05, 0) is 42.8 Å². The second-order valence-corrected chi connectivity index (χ2v) is 9.50. The van der Waals surface area contributed by atoms with E-state index in [1.807, 2.05) is 24.3 Å². The molecule has 2 aliphatic heterocycles. The number of ether oxygens (including phenoxy) is 1. The van der Waals surface area contributed by atoms with Crippen LogP contribution in [0.5, 0.6) is 5.75 Å². The third-order valence-electron chi connectivity index (χ3n) is 5.83. The molecule has 2 aromatic carbocycles. The predicted molar refractivity (Wildman–Crippen MR) is 115 cm³/mol. The molecule has 0 saturated carbocycles. The maximum Gasteiger partial charge on any atom is 0.267 e. The van der Waals surface area contributed by atoms with E-state index in [0.29, 0.717) is 30.5 Å². The highest BCUT2D eigenvalue weighted by Crippen LogP contribution is 2.31. The maximum atomic E-state index is 13.2. The third kappa shape index (κ3) is 4.02. The van der Waals surface area contributed by atoms with Crippen LogP contribution in [0.25, 0.3) is 0 Å². The van der Waals surface area contributed by atoms with Crippen molar-refractivity contribution >= 4 is 27.5 Å². The number of para-hydroxylation sites is 2. The SMILES string of the molecule is COc1ccccc1N1CCN(C(=O)[C@@H]2CCC(=O)N2S(=O)(=O)c2ccc(F)cc2)CC1. The Kier molecular flexibility index (Phi) is 6.05. The first-order chi connectivity index (χ1) is 15.3. The van der Waals surface area contributed by atoms with Crippen LogP contribution in [0.3, 0.4) is 0 Å². The Morgan fingerprint density at radius 1 is 1.03 bits per heavy atom. The number of nitrogens with zero attached hydrogens (tertiary/aromatic N) is 3. The van der Waals surface area contributed by atoms with Gasteiger partial charge in [0.1, 0.15) is 17.6 Å². The Bertz CT molecular complexity index is 1110. The summed E-state index contributed by atoms with van der Waals surface area (Å²) in [7, 11) is -2.65. The van der Waals surface area contributed by atoms with Crippen molar-refractivity contribution in [3.63, 3.8) is 0 Å². The Morgan fingerprint density at radius 3 is 2.34 bits per heavy atom. The van der Waals surface area contributed by atoms with Crippen LogP contribution in [-0.2, 0) is 19.6 Å². The van der Waals surface area contributed by atoms with Gasteiger partial charge in [-0.1, -0.05) is 12.1 Å². The Hall–Kier alpha value is -3.14. The number of piperazine rings is 1. The number of hydrogen-bond donors (Lipinski definition) is 0. The zero-order chi connectivity index (χ0) is 22.9. The third-order valence-corrected chi connectivity index (χ3v) is 7.68. The highest BCUT2D eigenvalue weighted by molar-refractivity contribution is 7.89. The highest BCUT2D eigenvalue weighted by atomic mass is 32.2. The van der Waals surface area contributed by atoms with Gasteiger partial charge in [0.15, 0.2) is 0 Å². The molecule has 2 heterocycles. The van der Waals surface area contributed by atoms with Crippen molar-refractivity contribution in [2.45, 2.75) is 23.8 Å². The summed E-state index contributed by atoms with van der Waals surface area (Å²) in [5.74, 6) is -0.857. The summed E-state index contributed by atoms with van der Waals surface area (Å²) in [6.07, 6.45) is 0.100. The quantitative estimate of drug-likeness (QED) is 0.676. The predicted octanol–water partition coefficient (Wildman–Crippen LogP) is 1.86. The molecule has 8 nitrogen and oxygen atoms in total. The molecule has 10 heteroatoms. The standard InChI is InChI=1S/C22H24FN3O5S/c1-31-20-5-3-2-4-18(20)24-12-14-25(15-13-24)22(28)19-10-11-21(27)26(19)32(29,30)17-8-6-16(23)7-9-17/h2-9,19H,10-15H2,1H3/t19-/m0/s1. The summed E-state index contributed by atoms with van der Waals surface area (Å²) in [6, 6.07) is 10.8. The van der Waals surface area contributed by atoms with Crippen LogP contribution in [0.1, 0.15) is 12.8 Å². The number of amides is 2. The molecule has 1 atom stereocenters. The first kappa shape index (κ1) is 22.1. The van der Waals surface area contributed by atoms with Crippen molar-refractivity contribution in [1.29, 1.82) is 0 Å². The number of hydrogen-bond acceptors (Lipinski definition) is 6. The van der Waals surface area contributed by atoms with Crippen molar-refractivity contribution in [3.05, 3.63) is 54.3 Å². The van der Waals surface area contributed by atoms with Crippen LogP contribution in [0.4, 0.5) is 10.1 Å². The fraction of sp³-hybridized carbons (Fsp3) is 0.364. The molecule has 0 unspecified atom stereocenters. The van der Waals surface area contributed by atoms with Crippen molar-refractivity contribution in [2.24, 2.45) is 0 Å². The van der Waals surface area contributed by atoms with Gasteiger partial charge in [0.05, 0.1) is 17.7 Å². The molecule has 2 amide bonds. The van der Waals surface area contributed by atoms with Crippen LogP contribution >= 0.6 is 0 Å². The first-order valence-corrected chi connectivity index (χ1v) is 11.8. The van der Waals surface area contributed by atoms with Gasteiger partial charge in [0.25, 0.3) is 10.0 Å². The Morgan fingerprint density at radius 2 is 1.69 bits per heavy atom. The van der Waals surface area contributed by atoms with E-state index in [1.165, 1.54) is 0 Å². The molecule has 2 aliphatic rings. The van der Waals surface area contributed by atoms with E-state index >= 15 is 0 Å². The van der Waals surface area contributed by atoms with Gasteiger partial charge in [-0.15, -0.1) is 0 Å². The van der Waals surface area contributed by atoms with Crippen LogP contribution in [0.2, 0.25) is 0 Å². The molecular formula is C22H24FN3O5S. The average molecular weight is 462 g/mol. The minimum absolute atomic E-state index is 0.0298. The molecule has 2 aromatic rings. The first-order valence-electron chi connectivity index (χ1n) is 10.3. The van der Waals surface area contributed by atoms with Crippen molar-refractivity contribution < 1.29 is 27.1 Å². The zero-order valence-electron chi connectivity index (χ0n) is 17.6. The molecule has 2 saturated heterocycles. The molecule has 4 rings (SSSR count). The van der Waals surface area contributed by atoms with Crippen LogP contribution < -0.4 is 9.64 Å². The number of carbonyl (C=O) groups is 2. The van der Waals surface area contributed by atoms with Crippen molar-refractivity contribution in [1.82, 2.24) is 9.21 Å². The van der Waals surface area contributed by atoms with Gasteiger partial charge in [-0.3, -0.25) is 9.59 Å². The number of carbonyl (C=O) groups excluding carboxylic acids is 2. The molecule has 2 fully saturated rings. The number of methoxy groups -OCH3 is 1. The van der Waals surface area contributed by atoms with Gasteiger partial charge in [0.2, 0.25) is 11.8 Å². The minimum atomic E-state index is -4.26. The number of benzene rings is 2. The van der Waals surface area contributed by atoms with E-state index in [4.69, 9.17) is 4.74 Å². The van der Waals surface area contributed by atoms with E-state index in [-0.39, 0.29) is 23.6 Å². The molecule has 170 valence electrons. The Balaban J connectivity index is 1.49.